The second-order valence-corrected chi connectivity index (χ2v) is 6.07. The first-order valence-electron chi connectivity index (χ1n) is 7.01. The van der Waals surface area contributed by atoms with Gasteiger partial charge >= 0.3 is 0 Å². The van der Waals surface area contributed by atoms with Crippen molar-refractivity contribution in [2.24, 2.45) is 0 Å². The van der Waals surface area contributed by atoms with Crippen molar-refractivity contribution >= 4 is 27.4 Å². The van der Waals surface area contributed by atoms with Crippen molar-refractivity contribution in [1.29, 1.82) is 0 Å². The number of aryl methyl sites for hydroxylation is 1. The number of thiazole rings is 1. The molecule has 1 aromatic carbocycles. The SMILES string of the molecule is CNc1nc(-c2c3c(nc4ccc(F)cc24)CCC3)cs1. The van der Waals surface area contributed by atoms with Crippen molar-refractivity contribution in [3.63, 3.8) is 0 Å². The van der Waals surface area contributed by atoms with Crippen LogP contribution in [0.25, 0.3) is 22.2 Å². The van der Waals surface area contributed by atoms with E-state index in [-0.39, 0.29) is 5.82 Å². The number of benzene rings is 1. The Morgan fingerprint density at radius 3 is 2.95 bits per heavy atom. The highest BCUT2D eigenvalue weighted by molar-refractivity contribution is 7.14. The van der Waals surface area contributed by atoms with Crippen LogP contribution in [-0.4, -0.2) is 17.0 Å². The smallest absolute Gasteiger partial charge is 0.182 e. The molecule has 0 saturated heterocycles. The van der Waals surface area contributed by atoms with E-state index in [1.165, 1.54) is 11.6 Å². The van der Waals surface area contributed by atoms with Gasteiger partial charge in [-0.25, -0.2) is 9.37 Å². The zero-order valence-corrected chi connectivity index (χ0v) is 12.4. The number of aromatic nitrogens is 2. The van der Waals surface area contributed by atoms with Gasteiger partial charge in [-0.1, -0.05) is 0 Å². The third kappa shape index (κ3) is 2.00. The number of fused-ring (bicyclic) bond motifs is 2. The van der Waals surface area contributed by atoms with Gasteiger partial charge < -0.3 is 5.32 Å². The van der Waals surface area contributed by atoms with Gasteiger partial charge in [-0.2, -0.15) is 0 Å². The highest BCUT2D eigenvalue weighted by Crippen LogP contribution is 2.38. The van der Waals surface area contributed by atoms with Gasteiger partial charge in [-0.05, 0) is 43.0 Å². The van der Waals surface area contributed by atoms with Crippen LogP contribution < -0.4 is 5.32 Å². The van der Waals surface area contributed by atoms with E-state index in [0.717, 1.165) is 52.2 Å². The topological polar surface area (TPSA) is 37.8 Å². The predicted molar refractivity (Wildman–Crippen MR) is 84.4 cm³/mol. The molecule has 0 radical (unpaired) electrons. The van der Waals surface area contributed by atoms with Gasteiger partial charge in [0, 0.05) is 29.1 Å². The van der Waals surface area contributed by atoms with Gasteiger partial charge in [0.05, 0.1) is 11.2 Å². The number of halogens is 1. The molecule has 1 aliphatic rings. The molecule has 0 saturated carbocycles. The van der Waals surface area contributed by atoms with Gasteiger partial charge in [0.15, 0.2) is 5.13 Å². The van der Waals surface area contributed by atoms with Gasteiger partial charge in [-0.15, -0.1) is 11.3 Å². The summed E-state index contributed by atoms with van der Waals surface area (Å²) in [5, 5.41) is 6.83. The number of rotatable bonds is 2. The lowest BCUT2D eigenvalue weighted by Crippen LogP contribution is -1.96. The molecule has 0 spiro atoms. The van der Waals surface area contributed by atoms with Crippen molar-refractivity contribution in [3.8, 4) is 11.3 Å². The lowest BCUT2D eigenvalue weighted by molar-refractivity contribution is 0.629. The van der Waals surface area contributed by atoms with E-state index in [1.807, 2.05) is 12.4 Å². The average Bonchev–Trinajstić information content (AvgIpc) is 3.13. The number of nitrogens with one attached hydrogen (secondary N) is 1. The van der Waals surface area contributed by atoms with Crippen molar-refractivity contribution in [3.05, 3.63) is 40.7 Å². The second kappa shape index (κ2) is 4.77. The molecule has 3 aromatic rings. The third-order valence-electron chi connectivity index (χ3n) is 3.95. The van der Waals surface area contributed by atoms with Crippen molar-refractivity contribution in [2.45, 2.75) is 19.3 Å². The first-order chi connectivity index (χ1) is 10.3. The monoisotopic (exact) mass is 299 g/mol. The number of nitrogens with zero attached hydrogens (tertiary/aromatic N) is 2. The molecule has 106 valence electrons. The minimum Gasteiger partial charge on any atom is -0.365 e. The Kier molecular flexibility index (Phi) is 2.89. The molecule has 0 amide bonds. The maximum Gasteiger partial charge on any atom is 0.182 e. The Morgan fingerprint density at radius 2 is 2.14 bits per heavy atom. The molecule has 0 aliphatic heterocycles. The normalized spacial score (nSPS) is 13.6. The van der Waals surface area contributed by atoms with E-state index in [0.29, 0.717) is 0 Å². The van der Waals surface area contributed by atoms with Gasteiger partial charge in [0.25, 0.3) is 0 Å². The van der Waals surface area contributed by atoms with E-state index in [1.54, 1.807) is 23.5 Å². The third-order valence-corrected chi connectivity index (χ3v) is 4.81. The molecule has 0 unspecified atom stereocenters. The van der Waals surface area contributed by atoms with Crippen LogP contribution >= 0.6 is 11.3 Å². The summed E-state index contributed by atoms with van der Waals surface area (Å²) in [6, 6.07) is 4.81. The molecule has 0 fully saturated rings. The van der Waals surface area contributed by atoms with Crippen LogP contribution in [-0.2, 0) is 12.8 Å². The fraction of sp³-hybridized carbons (Fsp3) is 0.250. The summed E-state index contributed by atoms with van der Waals surface area (Å²) >= 11 is 1.57. The minimum atomic E-state index is -0.229. The summed E-state index contributed by atoms with van der Waals surface area (Å²) in [5.74, 6) is -0.229. The van der Waals surface area contributed by atoms with Gasteiger partial charge in [-0.3, -0.25) is 4.98 Å². The Labute approximate surface area is 125 Å². The summed E-state index contributed by atoms with van der Waals surface area (Å²) in [6.07, 6.45) is 3.10. The summed E-state index contributed by atoms with van der Waals surface area (Å²) in [5.41, 5.74) is 5.21. The number of anilines is 1. The standard InChI is InChI=1S/C16H14FN3S/c1-18-16-20-14(8-21-16)15-10-3-2-4-12(10)19-13-6-5-9(17)7-11(13)15/h5-8H,2-4H2,1H3,(H,18,20). The van der Waals surface area contributed by atoms with Crippen LogP contribution in [0.15, 0.2) is 23.6 Å². The van der Waals surface area contributed by atoms with Gasteiger partial charge in [0.2, 0.25) is 0 Å². The highest BCUT2D eigenvalue weighted by atomic mass is 32.1. The molecule has 1 aliphatic carbocycles. The Bertz CT molecular complexity index is 841. The molecule has 0 bridgehead atoms. The molecular formula is C16H14FN3S. The zero-order valence-electron chi connectivity index (χ0n) is 11.6. The minimum absolute atomic E-state index is 0.229. The van der Waals surface area contributed by atoms with Crippen LogP contribution in [0.5, 0.6) is 0 Å². The second-order valence-electron chi connectivity index (χ2n) is 5.21. The first-order valence-corrected chi connectivity index (χ1v) is 7.89. The predicted octanol–water partition coefficient (Wildman–Crippen LogP) is 4.03. The van der Waals surface area contributed by atoms with E-state index >= 15 is 0 Å². The van der Waals surface area contributed by atoms with Crippen LogP contribution in [0.4, 0.5) is 9.52 Å². The summed E-state index contributed by atoms with van der Waals surface area (Å²) in [6.45, 7) is 0. The van der Waals surface area contributed by atoms with Crippen molar-refractivity contribution in [1.82, 2.24) is 9.97 Å². The van der Waals surface area contributed by atoms with Crippen molar-refractivity contribution < 1.29 is 4.39 Å². The molecular weight excluding hydrogens is 285 g/mol. The fourth-order valence-corrected chi connectivity index (χ4v) is 3.69. The molecule has 2 aromatic heterocycles. The molecule has 0 atom stereocenters. The molecule has 4 rings (SSSR count). The first kappa shape index (κ1) is 12.7. The zero-order chi connectivity index (χ0) is 14.4. The summed E-state index contributed by atoms with van der Waals surface area (Å²) < 4.78 is 13.7. The quantitative estimate of drug-likeness (QED) is 0.776. The number of hydrogen-bond donors (Lipinski definition) is 1. The maximum atomic E-state index is 13.7. The molecule has 3 nitrogen and oxygen atoms in total. The van der Waals surface area contributed by atoms with Gasteiger partial charge in [0.1, 0.15) is 5.82 Å². The van der Waals surface area contributed by atoms with E-state index in [4.69, 9.17) is 4.98 Å². The Hall–Kier alpha value is -2.01. The number of pyridine rings is 1. The Balaban J connectivity index is 2.07. The average molecular weight is 299 g/mol. The van der Waals surface area contributed by atoms with E-state index in [2.05, 4.69) is 10.3 Å². The maximum absolute atomic E-state index is 13.7. The molecule has 2 heterocycles. The highest BCUT2D eigenvalue weighted by Gasteiger charge is 2.22. The molecule has 21 heavy (non-hydrogen) atoms. The van der Waals surface area contributed by atoms with Crippen LogP contribution in [0.2, 0.25) is 0 Å². The van der Waals surface area contributed by atoms with E-state index in [9.17, 15) is 4.39 Å². The van der Waals surface area contributed by atoms with Crippen molar-refractivity contribution in [2.75, 3.05) is 12.4 Å². The summed E-state index contributed by atoms with van der Waals surface area (Å²) in [4.78, 5) is 9.32. The van der Waals surface area contributed by atoms with Crippen LogP contribution in [0.3, 0.4) is 0 Å². The molecule has 1 N–H and O–H groups in total. The lowest BCUT2D eigenvalue weighted by Gasteiger charge is -2.10. The van der Waals surface area contributed by atoms with E-state index < -0.39 is 0 Å². The van der Waals surface area contributed by atoms with Crippen LogP contribution in [0.1, 0.15) is 17.7 Å². The fourth-order valence-electron chi connectivity index (χ4n) is 3.03. The molecule has 5 heteroatoms. The summed E-state index contributed by atoms with van der Waals surface area (Å²) in [7, 11) is 1.86. The van der Waals surface area contributed by atoms with Crippen LogP contribution in [0, 0.1) is 5.82 Å². The largest absolute Gasteiger partial charge is 0.365 e. The number of hydrogen-bond acceptors (Lipinski definition) is 4. The Morgan fingerprint density at radius 1 is 1.24 bits per heavy atom. The lowest BCUT2D eigenvalue weighted by atomic mass is 9.99.